The van der Waals surface area contributed by atoms with Crippen LogP contribution in [0.5, 0.6) is 0 Å². The highest BCUT2D eigenvalue weighted by atomic mass is 16.5. The molecule has 2 unspecified atom stereocenters. The third-order valence-electron chi connectivity index (χ3n) is 4.78. The van der Waals surface area contributed by atoms with Gasteiger partial charge in [0.05, 0.1) is 12.1 Å². The molecule has 3 N–H and O–H groups in total. The predicted octanol–water partition coefficient (Wildman–Crippen LogP) is 2.60. The van der Waals surface area contributed by atoms with Crippen molar-refractivity contribution < 1.29 is 4.74 Å². The fraction of sp³-hybridized carbons (Fsp3) is 1.00. The van der Waals surface area contributed by atoms with E-state index >= 15 is 0 Å². The second kappa shape index (κ2) is 6.72. The number of nitrogens with one attached hydrogen (secondary N) is 1. The van der Waals surface area contributed by atoms with Gasteiger partial charge in [0.15, 0.2) is 0 Å². The van der Waals surface area contributed by atoms with Gasteiger partial charge < -0.3 is 4.74 Å². The Hall–Kier alpha value is -0.120. The highest BCUT2D eigenvalue weighted by Crippen LogP contribution is 2.34. The molecule has 0 spiro atoms. The van der Waals surface area contributed by atoms with Gasteiger partial charge in [-0.25, -0.2) is 0 Å². The zero-order valence-corrected chi connectivity index (χ0v) is 11.2. The van der Waals surface area contributed by atoms with E-state index in [1.807, 2.05) is 0 Å². The molecule has 3 nitrogen and oxygen atoms in total. The molecule has 100 valence electrons. The van der Waals surface area contributed by atoms with Gasteiger partial charge in [-0.2, -0.15) is 0 Å². The molecule has 1 saturated heterocycles. The highest BCUT2D eigenvalue weighted by molar-refractivity contribution is 4.87. The topological polar surface area (TPSA) is 47.3 Å². The first kappa shape index (κ1) is 13.3. The number of nitrogens with two attached hydrogens (primary N) is 1. The lowest BCUT2D eigenvalue weighted by Gasteiger charge is -2.38. The van der Waals surface area contributed by atoms with Crippen LogP contribution in [0.3, 0.4) is 0 Å². The van der Waals surface area contributed by atoms with Crippen molar-refractivity contribution in [1.82, 2.24) is 5.43 Å². The van der Waals surface area contributed by atoms with Gasteiger partial charge >= 0.3 is 0 Å². The van der Waals surface area contributed by atoms with Crippen LogP contribution in [0.2, 0.25) is 0 Å². The van der Waals surface area contributed by atoms with Crippen LogP contribution in [0.1, 0.15) is 58.3 Å². The van der Waals surface area contributed by atoms with Gasteiger partial charge in [0, 0.05) is 6.61 Å². The van der Waals surface area contributed by atoms with E-state index in [2.05, 4.69) is 12.3 Å². The van der Waals surface area contributed by atoms with Gasteiger partial charge in [0.1, 0.15) is 0 Å². The maximum absolute atomic E-state index is 5.89. The van der Waals surface area contributed by atoms with E-state index in [9.17, 15) is 0 Å². The summed E-state index contributed by atoms with van der Waals surface area (Å²) in [5.41, 5.74) is 3.05. The van der Waals surface area contributed by atoms with E-state index in [4.69, 9.17) is 10.6 Å². The summed E-state index contributed by atoms with van der Waals surface area (Å²) in [6.45, 7) is 3.24. The molecule has 2 aliphatic rings. The van der Waals surface area contributed by atoms with Crippen molar-refractivity contribution in [2.24, 2.45) is 17.7 Å². The third kappa shape index (κ3) is 3.43. The highest BCUT2D eigenvalue weighted by Gasteiger charge is 2.33. The summed E-state index contributed by atoms with van der Waals surface area (Å²) in [6, 6.07) is 0.383. The summed E-state index contributed by atoms with van der Waals surface area (Å²) in [5.74, 6) is 7.45. The quantitative estimate of drug-likeness (QED) is 0.586. The number of rotatable bonds is 4. The van der Waals surface area contributed by atoms with Gasteiger partial charge in [0.25, 0.3) is 0 Å². The average molecular weight is 240 g/mol. The van der Waals surface area contributed by atoms with Gasteiger partial charge in [-0.15, -0.1) is 0 Å². The molecule has 1 saturated carbocycles. The molecule has 0 amide bonds. The molecule has 1 heterocycles. The summed E-state index contributed by atoms with van der Waals surface area (Å²) in [5, 5.41) is 0. The number of hydrazine groups is 1. The lowest BCUT2D eigenvalue weighted by atomic mass is 9.76. The Bertz CT molecular complexity index is 208. The van der Waals surface area contributed by atoms with E-state index in [0.29, 0.717) is 12.1 Å². The maximum Gasteiger partial charge on any atom is 0.0744 e. The lowest BCUT2D eigenvalue weighted by molar-refractivity contribution is -0.0270. The van der Waals surface area contributed by atoms with Crippen LogP contribution in [0.25, 0.3) is 0 Å². The number of hydrogen-bond acceptors (Lipinski definition) is 3. The summed E-state index contributed by atoms with van der Waals surface area (Å²) >= 11 is 0. The van der Waals surface area contributed by atoms with Crippen molar-refractivity contribution in [3.05, 3.63) is 0 Å². The Morgan fingerprint density at radius 3 is 2.47 bits per heavy atom. The van der Waals surface area contributed by atoms with Crippen LogP contribution in [-0.4, -0.2) is 18.8 Å². The minimum Gasteiger partial charge on any atom is -0.377 e. The fourth-order valence-corrected chi connectivity index (χ4v) is 3.55. The predicted molar refractivity (Wildman–Crippen MR) is 70.4 cm³/mol. The first-order valence-corrected chi connectivity index (χ1v) is 7.42. The fourth-order valence-electron chi connectivity index (χ4n) is 3.55. The van der Waals surface area contributed by atoms with Gasteiger partial charge in [0.2, 0.25) is 0 Å². The van der Waals surface area contributed by atoms with Gasteiger partial charge in [-0.1, -0.05) is 26.2 Å². The standard InChI is InChI=1S/C14H28N2O/c1-2-11-6-8-12(9-7-11)14(16-15)13-5-3-4-10-17-13/h11-14,16H,2-10,15H2,1H3. The molecule has 2 atom stereocenters. The molecule has 0 aromatic heterocycles. The second-order valence-electron chi connectivity index (χ2n) is 5.79. The van der Waals surface area contributed by atoms with Crippen LogP contribution in [0.15, 0.2) is 0 Å². The van der Waals surface area contributed by atoms with E-state index in [-0.39, 0.29) is 0 Å². The molecule has 1 aliphatic carbocycles. The normalized spacial score (nSPS) is 36.7. The monoisotopic (exact) mass is 240 g/mol. The molecule has 3 heteroatoms. The minimum absolute atomic E-state index is 0.358. The Labute approximate surface area is 105 Å². The van der Waals surface area contributed by atoms with Crippen molar-refractivity contribution in [2.75, 3.05) is 6.61 Å². The zero-order chi connectivity index (χ0) is 12.1. The molecular formula is C14H28N2O. The van der Waals surface area contributed by atoms with E-state index in [0.717, 1.165) is 18.4 Å². The molecule has 1 aliphatic heterocycles. The summed E-state index contributed by atoms with van der Waals surface area (Å²) in [6.07, 6.45) is 10.8. The Morgan fingerprint density at radius 2 is 1.94 bits per heavy atom. The van der Waals surface area contributed by atoms with Crippen LogP contribution in [0.4, 0.5) is 0 Å². The van der Waals surface area contributed by atoms with Crippen LogP contribution in [-0.2, 0) is 4.74 Å². The lowest BCUT2D eigenvalue weighted by Crippen LogP contribution is -2.51. The van der Waals surface area contributed by atoms with E-state index < -0.39 is 0 Å². The molecule has 0 aromatic carbocycles. The number of ether oxygens (including phenoxy) is 1. The Balaban J connectivity index is 1.85. The molecule has 0 bridgehead atoms. The van der Waals surface area contributed by atoms with Crippen LogP contribution in [0, 0.1) is 11.8 Å². The smallest absolute Gasteiger partial charge is 0.0744 e. The third-order valence-corrected chi connectivity index (χ3v) is 4.78. The maximum atomic E-state index is 5.89. The van der Waals surface area contributed by atoms with Crippen molar-refractivity contribution in [1.29, 1.82) is 0 Å². The second-order valence-corrected chi connectivity index (χ2v) is 5.79. The molecular weight excluding hydrogens is 212 g/mol. The van der Waals surface area contributed by atoms with Crippen molar-refractivity contribution in [2.45, 2.75) is 70.4 Å². The first-order chi connectivity index (χ1) is 8.35. The molecule has 17 heavy (non-hydrogen) atoms. The largest absolute Gasteiger partial charge is 0.377 e. The summed E-state index contributed by atoms with van der Waals surface area (Å²) in [4.78, 5) is 0. The Morgan fingerprint density at radius 1 is 1.18 bits per heavy atom. The first-order valence-electron chi connectivity index (χ1n) is 7.42. The SMILES string of the molecule is CCC1CCC(C(NN)C2CCCCO2)CC1. The van der Waals surface area contributed by atoms with E-state index in [1.54, 1.807) is 0 Å². The minimum atomic E-state index is 0.358. The summed E-state index contributed by atoms with van der Waals surface area (Å²) in [7, 11) is 0. The van der Waals surface area contributed by atoms with E-state index in [1.165, 1.54) is 51.4 Å². The number of hydrogen-bond donors (Lipinski definition) is 2. The average Bonchev–Trinajstić information content (AvgIpc) is 2.42. The molecule has 2 rings (SSSR count). The summed E-state index contributed by atoms with van der Waals surface area (Å²) < 4.78 is 5.89. The zero-order valence-electron chi connectivity index (χ0n) is 11.2. The van der Waals surface area contributed by atoms with Gasteiger partial charge in [-0.05, 0) is 43.9 Å². The molecule has 0 aromatic rings. The van der Waals surface area contributed by atoms with Crippen molar-refractivity contribution in [3.63, 3.8) is 0 Å². The van der Waals surface area contributed by atoms with Crippen molar-refractivity contribution >= 4 is 0 Å². The van der Waals surface area contributed by atoms with Crippen LogP contribution < -0.4 is 11.3 Å². The Kier molecular flexibility index (Phi) is 5.26. The van der Waals surface area contributed by atoms with Crippen molar-refractivity contribution in [3.8, 4) is 0 Å². The van der Waals surface area contributed by atoms with Gasteiger partial charge in [-0.3, -0.25) is 11.3 Å². The molecule has 2 fully saturated rings. The molecule has 0 radical (unpaired) electrons. The van der Waals surface area contributed by atoms with Crippen LogP contribution >= 0.6 is 0 Å².